The van der Waals surface area contributed by atoms with E-state index in [-0.39, 0.29) is 22.6 Å². The number of sulfonamides is 1. The molecule has 2 saturated heterocycles. The molecule has 9 heteroatoms. The molecule has 2 amide bonds. The maximum absolute atomic E-state index is 13.1. The standard InChI is InChI=1S/C22H36N4O4S/c1-3-4-5-6-11-23-21(27)18-10-9-12-25(16-18)22(28)20-15-19(17-24(20)2)31(29,30)26-13-7-8-14-26/h15,17-18H,3-14,16H2,1-2H3,(H,23,27). The van der Waals surface area contributed by atoms with Crippen LogP contribution >= 0.6 is 0 Å². The Labute approximate surface area is 186 Å². The van der Waals surface area contributed by atoms with Crippen LogP contribution in [0.3, 0.4) is 0 Å². The number of hydrogen-bond donors (Lipinski definition) is 1. The number of unbranched alkanes of at least 4 members (excludes halogenated alkanes) is 3. The van der Waals surface area contributed by atoms with Crippen molar-refractivity contribution in [3.63, 3.8) is 0 Å². The minimum absolute atomic E-state index is 0.0122. The second-order valence-electron chi connectivity index (χ2n) is 8.73. The third-order valence-electron chi connectivity index (χ3n) is 6.31. The van der Waals surface area contributed by atoms with Gasteiger partial charge in [0.1, 0.15) is 10.6 Å². The van der Waals surface area contributed by atoms with Gasteiger partial charge in [0.15, 0.2) is 0 Å². The molecular formula is C22H36N4O4S. The van der Waals surface area contributed by atoms with Crippen LogP contribution in [-0.4, -0.2) is 66.7 Å². The normalized spacial score (nSPS) is 20.2. The Hall–Kier alpha value is -1.87. The van der Waals surface area contributed by atoms with Gasteiger partial charge in [-0.25, -0.2) is 8.42 Å². The number of aromatic nitrogens is 1. The molecule has 174 valence electrons. The average molecular weight is 453 g/mol. The van der Waals surface area contributed by atoms with Gasteiger partial charge in [-0.15, -0.1) is 0 Å². The van der Waals surface area contributed by atoms with Gasteiger partial charge in [0.2, 0.25) is 15.9 Å². The van der Waals surface area contributed by atoms with Crippen LogP contribution in [0.15, 0.2) is 17.2 Å². The molecule has 0 radical (unpaired) electrons. The Morgan fingerprint density at radius 3 is 2.55 bits per heavy atom. The minimum Gasteiger partial charge on any atom is -0.356 e. The van der Waals surface area contributed by atoms with Gasteiger partial charge in [0, 0.05) is 46.0 Å². The number of carbonyl (C=O) groups is 2. The van der Waals surface area contributed by atoms with Crippen molar-refractivity contribution in [1.29, 1.82) is 0 Å². The molecule has 2 fully saturated rings. The van der Waals surface area contributed by atoms with E-state index in [1.807, 2.05) is 0 Å². The predicted molar refractivity (Wildman–Crippen MR) is 119 cm³/mol. The number of nitrogens with zero attached hydrogens (tertiary/aromatic N) is 3. The van der Waals surface area contributed by atoms with Crippen molar-refractivity contribution < 1.29 is 18.0 Å². The summed E-state index contributed by atoms with van der Waals surface area (Å²) in [6.07, 6.45) is 9.22. The Bertz CT molecular complexity index is 874. The molecule has 1 aromatic heterocycles. The Balaban J connectivity index is 1.62. The summed E-state index contributed by atoms with van der Waals surface area (Å²) in [5.74, 6) is -0.416. The van der Waals surface area contributed by atoms with Crippen LogP contribution in [0.4, 0.5) is 0 Å². The van der Waals surface area contributed by atoms with E-state index in [0.717, 1.165) is 44.9 Å². The molecule has 2 aliphatic heterocycles. The van der Waals surface area contributed by atoms with Gasteiger partial charge in [-0.3, -0.25) is 9.59 Å². The third-order valence-corrected chi connectivity index (χ3v) is 8.17. The van der Waals surface area contributed by atoms with E-state index in [4.69, 9.17) is 0 Å². The van der Waals surface area contributed by atoms with Gasteiger partial charge < -0.3 is 14.8 Å². The van der Waals surface area contributed by atoms with Gasteiger partial charge in [-0.05, 0) is 38.2 Å². The van der Waals surface area contributed by atoms with Gasteiger partial charge in [-0.1, -0.05) is 26.2 Å². The zero-order valence-electron chi connectivity index (χ0n) is 18.8. The van der Waals surface area contributed by atoms with Crippen molar-refractivity contribution >= 4 is 21.8 Å². The lowest BCUT2D eigenvalue weighted by molar-refractivity contribution is -0.126. The zero-order valence-corrected chi connectivity index (χ0v) is 19.6. The molecule has 8 nitrogen and oxygen atoms in total. The first-order valence-corrected chi connectivity index (χ1v) is 13.0. The molecule has 1 atom stereocenters. The summed E-state index contributed by atoms with van der Waals surface area (Å²) in [6.45, 7) is 4.85. The highest BCUT2D eigenvalue weighted by atomic mass is 32.2. The quantitative estimate of drug-likeness (QED) is 0.582. The van der Waals surface area contributed by atoms with Crippen LogP contribution in [0.5, 0.6) is 0 Å². The smallest absolute Gasteiger partial charge is 0.270 e. The molecule has 1 N–H and O–H groups in total. The lowest BCUT2D eigenvalue weighted by Crippen LogP contribution is -2.46. The fourth-order valence-corrected chi connectivity index (χ4v) is 6.00. The van der Waals surface area contributed by atoms with E-state index in [1.165, 1.54) is 23.0 Å². The number of hydrogen-bond acceptors (Lipinski definition) is 4. The van der Waals surface area contributed by atoms with Gasteiger partial charge in [0.05, 0.1) is 5.92 Å². The van der Waals surface area contributed by atoms with Gasteiger partial charge in [-0.2, -0.15) is 4.31 Å². The number of likely N-dealkylation sites (tertiary alicyclic amines) is 1. The van der Waals surface area contributed by atoms with Gasteiger partial charge >= 0.3 is 0 Å². The summed E-state index contributed by atoms with van der Waals surface area (Å²) in [6, 6.07) is 1.48. The molecular weight excluding hydrogens is 416 g/mol. The largest absolute Gasteiger partial charge is 0.356 e. The maximum atomic E-state index is 13.1. The van der Waals surface area contributed by atoms with E-state index >= 15 is 0 Å². The molecule has 0 aliphatic carbocycles. The molecule has 0 saturated carbocycles. The average Bonchev–Trinajstić information content (AvgIpc) is 3.44. The molecule has 0 bridgehead atoms. The Morgan fingerprint density at radius 2 is 1.84 bits per heavy atom. The highest BCUT2D eigenvalue weighted by Crippen LogP contribution is 2.24. The van der Waals surface area contributed by atoms with Crippen LogP contribution < -0.4 is 5.32 Å². The number of rotatable bonds is 9. The Kier molecular flexibility index (Phi) is 8.16. The van der Waals surface area contributed by atoms with Crippen molar-refractivity contribution in [3.05, 3.63) is 18.0 Å². The zero-order chi connectivity index (χ0) is 22.4. The minimum atomic E-state index is -3.57. The number of amides is 2. The van der Waals surface area contributed by atoms with E-state index in [0.29, 0.717) is 38.4 Å². The summed E-state index contributed by atoms with van der Waals surface area (Å²) >= 11 is 0. The number of aryl methyl sites for hydroxylation is 1. The van der Waals surface area contributed by atoms with Crippen molar-refractivity contribution in [1.82, 2.24) is 19.1 Å². The summed E-state index contributed by atoms with van der Waals surface area (Å²) in [7, 11) is -1.87. The topological polar surface area (TPSA) is 91.7 Å². The maximum Gasteiger partial charge on any atom is 0.270 e. The lowest BCUT2D eigenvalue weighted by atomic mass is 9.96. The summed E-state index contributed by atoms with van der Waals surface area (Å²) < 4.78 is 28.8. The second kappa shape index (κ2) is 10.6. The molecule has 3 rings (SSSR count). The summed E-state index contributed by atoms with van der Waals surface area (Å²) in [5.41, 5.74) is 0.346. The molecule has 3 heterocycles. The van der Waals surface area contributed by atoms with Crippen molar-refractivity contribution in [3.8, 4) is 0 Å². The second-order valence-corrected chi connectivity index (χ2v) is 10.7. The van der Waals surface area contributed by atoms with Crippen LogP contribution in [0.25, 0.3) is 0 Å². The highest BCUT2D eigenvalue weighted by Gasteiger charge is 2.32. The molecule has 2 aliphatic rings. The van der Waals surface area contributed by atoms with E-state index in [2.05, 4.69) is 12.2 Å². The van der Waals surface area contributed by atoms with Crippen molar-refractivity contribution in [2.24, 2.45) is 13.0 Å². The Morgan fingerprint density at radius 1 is 1.10 bits per heavy atom. The third kappa shape index (κ3) is 5.68. The van der Waals surface area contributed by atoms with E-state index in [1.54, 1.807) is 16.5 Å². The molecule has 0 aromatic carbocycles. The monoisotopic (exact) mass is 452 g/mol. The highest BCUT2D eigenvalue weighted by molar-refractivity contribution is 7.89. The predicted octanol–water partition coefficient (Wildman–Crippen LogP) is 2.36. The molecule has 1 aromatic rings. The van der Waals surface area contributed by atoms with Crippen LogP contribution in [0, 0.1) is 5.92 Å². The van der Waals surface area contributed by atoms with Crippen molar-refractivity contribution in [2.75, 3.05) is 32.7 Å². The fourth-order valence-electron chi connectivity index (χ4n) is 4.41. The van der Waals surface area contributed by atoms with E-state index < -0.39 is 10.0 Å². The number of piperidine rings is 1. The summed E-state index contributed by atoms with van der Waals surface area (Å²) in [4.78, 5) is 27.5. The van der Waals surface area contributed by atoms with Crippen molar-refractivity contribution in [2.45, 2.75) is 63.2 Å². The van der Waals surface area contributed by atoms with Crippen LogP contribution in [0.1, 0.15) is 68.8 Å². The van der Waals surface area contributed by atoms with Crippen LogP contribution in [0.2, 0.25) is 0 Å². The van der Waals surface area contributed by atoms with E-state index in [9.17, 15) is 18.0 Å². The number of carbonyl (C=O) groups excluding carboxylic acids is 2. The molecule has 31 heavy (non-hydrogen) atoms. The van der Waals surface area contributed by atoms with Gasteiger partial charge in [0.25, 0.3) is 5.91 Å². The SMILES string of the molecule is CCCCCCNC(=O)C1CCCN(C(=O)c2cc(S(=O)(=O)N3CCCC3)cn2C)C1. The first kappa shape index (κ1) is 23.8. The molecule has 1 unspecified atom stereocenters. The lowest BCUT2D eigenvalue weighted by Gasteiger charge is -2.32. The number of nitrogens with one attached hydrogen (secondary N) is 1. The first-order valence-electron chi connectivity index (χ1n) is 11.6. The first-order chi connectivity index (χ1) is 14.8. The summed E-state index contributed by atoms with van der Waals surface area (Å²) in [5, 5.41) is 3.01. The fraction of sp³-hybridized carbons (Fsp3) is 0.727. The molecule has 0 spiro atoms. The van der Waals surface area contributed by atoms with Crippen LogP contribution in [-0.2, 0) is 21.9 Å².